The fourth-order valence-corrected chi connectivity index (χ4v) is 1.06. The molecule has 0 spiro atoms. The van der Waals surface area contributed by atoms with Gasteiger partial charge < -0.3 is 19.9 Å². The van der Waals surface area contributed by atoms with Crippen LogP contribution < -0.4 is 5.32 Å². The second-order valence-electron chi connectivity index (χ2n) is 4.55. The van der Waals surface area contributed by atoms with Crippen molar-refractivity contribution in [2.75, 3.05) is 6.61 Å². The van der Waals surface area contributed by atoms with E-state index in [-0.39, 0.29) is 6.61 Å². The summed E-state index contributed by atoms with van der Waals surface area (Å²) in [6.45, 7) is 6.66. The molecule has 1 atom stereocenters. The Morgan fingerprint density at radius 1 is 1.28 bits per heavy atom. The van der Waals surface area contributed by atoms with E-state index in [4.69, 9.17) is 9.84 Å². The van der Waals surface area contributed by atoms with Crippen LogP contribution >= 0.6 is 0 Å². The topological polar surface area (TPSA) is 102 Å². The van der Waals surface area contributed by atoms with Crippen LogP contribution in [0.15, 0.2) is 0 Å². The van der Waals surface area contributed by atoms with Crippen LogP contribution in [0.5, 0.6) is 0 Å². The summed E-state index contributed by atoms with van der Waals surface area (Å²) in [5.41, 5.74) is -0.760. The minimum atomic E-state index is -1.26. The smallest absolute Gasteiger partial charge is 0.407 e. The normalized spacial score (nSPS) is 12.4. The van der Waals surface area contributed by atoms with Crippen LogP contribution in [0.25, 0.3) is 0 Å². The minimum absolute atomic E-state index is 0.125. The third-order valence-corrected chi connectivity index (χ3v) is 1.64. The molecule has 0 saturated heterocycles. The zero-order valence-corrected chi connectivity index (χ0v) is 11.0. The zero-order chi connectivity index (χ0) is 14.3. The lowest BCUT2D eigenvalue weighted by atomic mass is 10.1. The summed E-state index contributed by atoms with van der Waals surface area (Å²) in [7, 11) is 0. The van der Waals surface area contributed by atoms with Gasteiger partial charge in [-0.2, -0.15) is 0 Å². The molecule has 0 radical (unpaired) electrons. The van der Waals surface area contributed by atoms with Crippen LogP contribution in [0.3, 0.4) is 0 Å². The summed E-state index contributed by atoms with van der Waals surface area (Å²) < 4.78 is 9.59. The summed E-state index contributed by atoms with van der Waals surface area (Å²) in [6.07, 6.45) is -1.41. The fraction of sp³-hybridized carbons (Fsp3) is 0.727. The van der Waals surface area contributed by atoms with Gasteiger partial charge in [0.1, 0.15) is 11.6 Å². The number of nitrogens with one attached hydrogen (secondary N) is 1. The molecule has 0 bridgehead atoms. The minimum Gasteiger partial charge on any atom is -0.481 e. The molecule has 0 fully saturated rings. The fourth-order valence-electron chi connectivity index (χ4n) is 1.06. The Morgan fingerprint density at radius 2 is 1.83 bits per heavy atom. The van der Waals surface area contributed by atoms with Crippen molar-refractivity contribution in [3.05, 3.63) is 0 Å². The first-order chi connectivity index (χ1) is 8.15. The van der Waals surface area contributed by atoms with E-state index < -0.39 is 36.1 Å². The van der Waals surface area contributed by atoms with Gasteiger partial charge in [-0.1, -0.05) is 0 Å². The molecule has 0 aliphatic carbocycles. The number of carbonyl (C=O) groups excluding carboxylic acids is 2. The Morgan fingerprint density at radius 3 is 2.22 bits per heavy atom. The molecule has 0 aromatic heterocycles. The van der Waals surface area contributed by atoms with Crippen molar-refractivity contribution in [2.45, 2.75) is 45.8 Å². The van der Waals surface area contributed by atoms with Crippen molar-refractivity contribution in [3.8, 4) is 0 Å². The predicted molar refractivity (Wildman–Crippen MR) is 62.0 cm³/mol. The average molecular weight is 261 g/mol. The Kier molecular flexibility index (Phi) is 6.15. The highest BCUT2D eigenvalue weighted by molar-refractivity contribution is 5.85. The van der Waals surface area contributed by atoms with Crippen molar-refractivity contribution in [3.63, 3.8) is 0 Å². The van der Waals surface area contributed by atoms with Crippen LogP contribution in [0.4, 0.5) is 4.79 Å². The molecule has 0 heterocycles. The van der Waals surface area contributed by atoms with E-state index in [1.165, 1.54) is 0 Å². The van der Waals surface area contributed by atoms with Crippen molar-refractivity contribution in [1.29, 1.82) is 0 Å². The predicted octanol–water partition coefficient (Wildman–Crippen LogP) is 0.917. The molecule has 0 unspecified atom stereocenters. The Bertz CT molecular complexity index is 320. The third kappa shape index (κ3) is 7.48. The van der Waals surface area contributed by atoms with Crippen molar-refractivity contribution in [2.24, 2.45) is 0 Å². The number of rotatable bonds is 5. The van der Waals surface area contributed by atoms with Gasteiger partial charge in [-0.3, -0.25) is 4.79 Å². The van der Waals surface area contributed by atoms with E-state index in [1.54, 1.807) is 27.7 Å². The summed E-state index contributed by atoms with van der Waals surface area (Å²) >= 11 is 0. The van der Waals surface area contributed by atoms with Crippen LogP contribution in [0, 0.1) is 0 Å². The molecule has 1 amide bonds. The Labute approximate surface area is 105 Å². The number of carboxylic acid groups (broad SMARTS) is 1. The SMILES string of the molecule is CCOC(=O)N[C@@H](CC(=O)O)C(=O)OC(C)(C)C. The summed E-state index contributed by atoms with van der Waals surface area (Å²) in [5, 5.41) is 10.8. The number of esters is 1. The molecule has 0 rings (SSSR count). The lowest BCUT2D eigenvalue weighted by molar-refractivity contribution is -0.159. The maximum absolute atomic E-state index is 11.7. The maximum atomic E-state index is 11.7. The number of alkyl carbamates (subject to hydrolysis) is 1. The standard InChI is InChI=1S/C11H19NO6/c1-5-17-10(16)12-7(6-8(13)14)9(15)18-11(2,3)4/h7H,5-6H2,1-4H3,(H,12,16)(H,13,14)/t7-/m0/s1. The molecule has 0 aromatic rings. The van der Waals surface area contributed by atoms with Crippen LogP contribution in [-0.4, -0.2) is 41.4 Å². The number of amides is 1. The molecule has 0 saturated carbocycles. The number of aliphatic carboxylic acids is 1. The third-order valence-electron chi connectivity index (χ3n) is 1.64. The van der Waals surface area contributed by atoms with E-state index in [9.17, 15) is 14.4 Å². The molecular formula is C11H19NO6. The Hall–Kier alpha value is -1.79. The lowest BCUT2D eigenvalue weighted by Crippen LogP contribution is -2.45. The van der Waals surface area contributed by atoms with Gasteiger partial charge in [-0.25, -0.2) is 9.59 Å². The number of ether oxygens (including phenoxy) is 2. The van der Waals surface area contributed by atoms with Gasteiger partial charge in [0.15, 0.2) is 0 Å². The van der Waals surface area contributed by atoms with E-state index in [0.29, 0.717) is 0 Å². The number of carbonyl (C=O) groups is 3. The van der Waals surface area contributed by atoms with Crippen molar-refractivity contribution >= 4 is 18.0 Å². The first-order valence-electron chi connectivity index (χ1n) is 5.53. The first kappa shape index (κ1) is 16.2. The van der Waals surface area contributed by atoms with Gasteiger partial charge in [0.25, 0.3) is 0 Å². The first-order valence-corrected chi connectivity index (χ1v) is 5.53. The molecule has 104 valence electrons. The monoisotopic (exact) mass is 261 g/mol. The average Bonchev–Trinajstić information content (AvgIpc) is 2.13. The summed E-state index contributed by atoms with van der Waals surface area (Å²) in [6, 6.07) is -1.26. The second kappa shape index (κ2) is 6.83. The number of hydrogen-bond donors (Lipinski definition) is 2. The van der Waals surface area contributed by atoms with Gasteiger partial charge in [0, 0.05) is 0 Å². The van der Waals surface area contributed by atoms with Crippen LogP contribution in [-0.2, 0) is 19.1 Å². The molecule has 2 N–H and O–H groups in total. The zero-order valence-electron chi connectivity index (χ0n) is 11.0. The van der Waals surface area contributed by atoms with Gasteiger partial charge in [-0.05, 0) is 27.7 Å². The molecule has 0 aliphatic heterocycles. The quantitative estimate of drug-likeness (QED) is 0.713. The summed E-state index contributed by atoms with van der Waals surface area (Å²) in [5.74, 6) is -2.03. The van der Waals surface area contributed by atoms with Crippen LogP contribution in [0.1, 0.15) is 34.1 Å². The largest absolute Gasteiger partial charge is 0.481 e. The van der Waals surface area contributed by atoms with Gasteiger partial charge in [0.2, 0.25) is 0 Å². The molecule has 7 nitrogen and oxygen atoms in total. The van der Waals surface area contributed by atoms with Gasteiger partial charge >= 0.3 is 18.0 Å². The van der Waals surface area contributed by atoms with Crippen LogP contribution in [0.2, 0.25) is 0 Å². The molecule has 0 aliphatic rings. The molecule has 0 aromatic carbocycles. The van der Waals surface area contributed by atoms with Crippen molar-refractivity contribution < 1.29 is 29.0 Å². The molecule has 7 heteroatoms. The molecule has 18 heavy (non-hydrogen) atoms. The van der Waals surface area contributed by atoms with Crippen molar-refractivity contribution in [1.82, 2.24) is 5.32 Å². The highest BCUT2D eigenvalue weighted by atomic mass is 16.6. The second-order valence-corrected chi connectivity index (χ2v) is 4.55. The highest BCUT2D eigenvalue weighted by Crippen LogP contribution is 2.10. The number of hydrogen-bond acceptors (Lipinski definition) is 5. The van der Waals surface area contributed by atoms with E-state index >= 15 is 0 Å². The van der Waals surface area contributed by atoms with E-state index in [2.05, 4.69) is 10.1 Å². The van der Waals surface area contributed by atoms with Gasteiger partial charge in [0.05, 0.1) is 13.0 Å². The van der Waals surface area contributed by atoms with Gasteiger partial charge in [-0.15, -0.1) is 0 Å². The van der Waals surface area contributed by atoms with E-state index in [1.807, 2.05) is 0 Å². The lowest BCUT2D eigenvalue weighted by Gasteiger charge is -2.23. The molecular weight excluding hydrogens is 242 g/mol. The van der Waals surface area contributed by atoms with E-state index in [0.717, 1.165) is 0 Å². The summed E-state index contributed by atoms with van der Waals surface area (Å²) in [4.78, 5) is 33.5. The number of carboxylic acids is 1. The Balaban J connectivity index is 4.62. The maximum Gasteiger partial charge on any atom is 0.407 e. The highest BCUT2D eigenvalue weighted by Gasteiger charge is 2.29.